The molecule has 1 fully saturated rings. The van der Waals surface area contributed by atoms with Gasteiger partial charge in [-0.2, -0.15) is 0 Å². The molecular weight excluding hydrogens is 284 g/mol. The van der Waals surface area contributed by atoms with Gasteiger partial charge in [0.2, 0.25) is 16.9 Å². The van der Waals surface area contributed by atoms with Gasteiger partial charge in [-0.15, -0.1) is 10.2 Å². The van der Waals surface area contributed by atoms with Gasteiger partial charge in [-0.1, -0.05) is 42.4 Å². The highest BCUT2D eigenvalue weighted by Gasteiger charge is 2.22. The van der Waals surface area contributed by atoms with Crippen molar-refractivity contribution in [3.8, 4) is 0 Å². The molecule has 1 aliphatic carbocycles. The molecule has 1 heterocycles. The van der Waals surface area contributed by atoms with E-state index in [4.69, 9.17) is 5.73 Å². The van der Waals surface area contributed by atoms with Gasteiger partial charge in [0.25, 0.3) is 0 Å². The third-order valence-corrected chi connectivity index (χ3v) is 4.94. The zero-order valence-corrected chi connectivity index (χ0v) is 12.1. The lowest BCUT2D eigenvalue weighted by molar-refractivity contribution is -0.120. The monoisotopic (exact) mass is 300 g/mol. The van der Waals surface area contributed by atoms with E-state index in [2.05, 4.69) is 15.5 Å². The second-order valence-electron chi connectivity index (χ2n) is 4.45. The standard InChI is InChI=1S/C11H16N4O2S2/c12-8(16)6-18-11-15-14-10(19-11)13-9(17)7-4-2-1-3-5-7/h7H,1-6H2,(H2,12,16)(H,13,14,17). The molecule has 2 amide bonds. The van der Waals surface area contributed by atoms with Gasteiger partial charge in [0.15, 0.2) is 4.34 Å². The van der Waals surface area contributed by atoms with Crippen LogP contribution in [0.4, 0.5) is 5.13 Å². The van der Waals surface area contributed by atoms with Crippen molar-refractivity contribution < 1.29 is 9.59 Å². The molecule has 1 saturated carbocycles. The van der Waals surface area contributed by atoms with Gasteiger partial charge in [-0.05, 0) is 12.8 Å². The highest BCUT2D eigenvalue weighted by Crippen LogP contribution is 2.28. The minimum atomic E-state index is -0.395. The second kappa shape index (κ2) is 6.85. The van der Waals surface area contributed by atoms with Crippen molar-refractivity contribution in [3.63, 3.8) is 0 Å². The van der Waals surface area contributed by atoms with E-state index in [9.17, 15) is 9.59 Å². The summed E-state index contributed by atoms with van der Waals surface area (Å²) in [5, 5.41) is 11.1. The largest absolute Gasteiger partial charge is 0.369 e. The fourth-order valence-electron chi connectivity index (χ4n) is 2.02. The zero-order chi connectivity index (χ0) is 13.7. The van der Waals surface area contributed by atoms with Crippen molar-refractivity contribution in [3.05, 3.63) is 0 Å². The lowest BCUT2D eigenvalue weighted by atomic mass is 9.89. The molecule has 6 nitrogen and oxygen atoms in total. The molecule has 0 bridgehead atoms. The van der Waals surface area contributed by atoms with Crippen LogP contribution in [0.15, 0.2) is 4.34 Å². The van der Waals surface area contributed by atoms with E-state index in [-0.39, 0.29) is 17.6 Å². The average Bonchev–Trinajstić information content (AvgIpc) is 2.85. The Kier molecular flexibility index (Phi) is 5.15. The van der Waals surface area contributed by atoms with Gasteiger partial charge in [-0.25, -0.2) is 0 Å². The number of anilines is 1. The van der Waals surface area contributed by atoms with E-state index in [1.807, 2.05) is 0 Å². The van der Waals surface area contributed by atoms with E-state index in [1.54, 1.807) is 0 Å². The maximum absolute atomic E-state index is 12.0. The molecule has 0 unspecified atom stereocenters. The third kappa shape index (κ3) is 4.46. The number of hydrogen-bond acceptors (Lipinski definition) is 6. The molecule has 8 heteroatoms. The van der Waals surface area contributed by atoms with Crippen molar-refractivity contribution in [1.29, 1.82) is 0 Å². The number of thioether (sulfide) groups is 1. The molecule has 3 N–H and O–H groups in total. The summed E-state index contributed by atoms with van der Waals surface area (Å²) in [7, 11) is 0. The quantitative estimate of drug-likeness (QED) is 0.636. The first kappa shape index (κ1) is 14.3. The maximum Gasteiger partial charge on any atom is 0.229 e. The first-order valence-corrected chi connectivity index (χ1v) is 8.01. The molecule has 1 aromatic rings. The maximum atomic E-state index is 12.0. The van der Waals surface area contributed by atoms with E-state index < -0.39 is 5.91 Å². The summed E-state index contributed by atoms with van der Waals surface area (Å²) >= 11 is 2.50. The lowest BCUT2D eigenvalue weighted by Crippen LogP contribution is -2.24. The van der Waals surface area contributed by atoms with Crippen LogP contribution in [0, 0.1) is 5.92 Å². The molecule has 2 rings (SSSR count). The predicted octanol–water partition coefficient (Wildman–Crippen LogP) is 1.63. The number of carbonyl (C=O) groups is 2. The molecule has 104 valence electrons. The number of rotatable bonds is 5. The van der Waals surface area contributed by atoms with Crippen molar-refractivity contribution in [2.45, 2.75) is 36.4 Å². The highest BCUT2D eigenvalue weighted by molar-refractivity contribution is 8.01. The summed E-state index contributed by atoms with van der Waals surface area (Å²) in [4.78, 5) is 22.6. The molecule has 19 heavy (non-hydrogen) atoms. The third-order valence-electron chi connectivity index (χ3n) is 2.95. The van der Waals surface area contributed by atoms with E-state index >= 15 is 0 Å². The first-order chi connectivity index (χ1) is 9.15. The van der Waals surface area contributed by atoms with E-state index in [1.165, 1.54) is 29.5 Å². The van der Waals surface area contributed by atoms with Crippen LogP contribution in [-0.4, -0.2) is 27.8 Å². The van der Waals surface area contributed by atoms with Crippen LogP contribution < -0.4 is 11.1 Å². The summed E-state index contributed by atoms with van der Waals surface area (Å²) in [5.74, 6) is -0.0970. The van der Waals surface area contributed by atoms with Gasteiger partial charge in [0.1, 0.15) is 0 Å². The number of nitrogens with two attached hydrogens (primary N) is 1. The molecule has 0 aliphatic heterocycles. The summed E-state index contributed by atoms with van der Waals surface area (Å²) < 4.78 is 0.637. The zero-order valence-electron chi connectivity index (χ0n) is 10.4. The summed E-state index contributed by atoms with van der Waals surface area (Å²) in [5.41, 5.74) is 5.05. The van der Waals surface area contributed by atoms with Gasteiger partial charge in [0.05, 0.1) is 5.75 Å². The average molecular weight is 300 g/mol. The number of aromatic nitrogens is 2. The van der Waals surface area contributed by atoms with Gasteiger partial charge >= 0.3 is 0 Å². The smallest absolute Gasteiger partial charge is 0.229 e. The summed E-state index contributed by atoms with van der Waals surface area (Å²) in [6, 6.07) is 0. The van der Waals surface area contributed by atoms with Crippen LogP contribution in [0.3, 0.4) is 0 Å². The Hall–Kier alpha value is -1.15. The Morgan fingerprint density at radius 2 is 2.05 bits per heavy atom. The van der Waals surface area contributed by atoms with Crippen LogP contribution in [-0.2, 0) is 9.59 Å². The Morgan fingerprint density at radius 1 is 1.32 bits per heavy atom. The number of primary amides is 1. The minimum absolute atomic E-state index is 0.0299. The fourth-order valence-corrected chi connectivity index (χ4v) is 3.52. The molecule has 0 radical (unpaired) electrons. The van der Waals surface area contributed by atoms with Crippen molar-refractivity contribution in [2.75, 3.05) is 11.1 Å². The minimum Gasteiger partial charge on any atom is -0.369 e. The number of hydrogen-bond donors (Lipinski definition) is 2. The molecule has 0 aromatic carbocycles. The second-order valence-corrected chi connectivity index (χ2v) is 6.65. The van der Waals surface area contributed by atoms with Crippen molar-refractivity contribution in [1.82, 2.24) is 10.2 Å². The summed E-state index contributed by atoms with van der Waals surface area (Å²) in [6.45, 7) is 0. The Balaban J connectivity index is 1.84. The Morgan fingerprint density at radius 3 is 2.74 bits per heavy atom. The Bertz CT molecular complexity index is 457. The topological polar surface area (TPSA) is 98.0 Å². The van der Waals surface area contributed by atoms with Crippen LogP contribution in [0.2, 0.25) is 0 Å². The molecule has 0 atom stereocenters. The van der Waals surface area contributed by atoms with Crippen LogP contribution in [0.25, 0.3) is 0 Å². The summed E-state index contributed by atoms with van der Waals surface area (Å²) in [6.07, 6.45) is 5.36. The predicted molar refractivity (Wildman–Crippen MR) is 75.0 cm³/mol. The van der Waals surface area contributed by atoms with E-state index in [0.717, 1.165) is 25.7 Å². The normalized spacial score (nSPS) is 16.2. The van der Waals surface area contributed by atoms with Crippen molar-refractivity contribution in [2.24, 2.45) is 11.7 Å². The number of amides is 2. The fraction of sp³-hybridized carbons (Fsp3) is 0.636. The number of nitrogens with zero attached hydrogens (tertiary/aromatic N) is 2. The molecule has 1 aromatic heterocycles. The van der Waals surface area contributed by atoms with Crippen LogP contribution in [0.1, 0.15) is 32.1 Å². The van der Waals surface area contributed by atoms with Gasteiger partial charge < -0.3 is 11.1 Å². The van der Waals surface area contributed by atoms with Gasteiger partial charge in [0, 0.05) is 5.92 Å². The first-order valence-electron chi connectivity index (χ1n) is 6.20. The van der Waals surface area contributed by atoms with E-state index in [0.29, 0.717) is 9.47 Å². The van der Waals surface area contributed by atoms with Crippen molar-refractivity contribution >= 4 is 40.0 Å². The van der Waals surface area contributed by atoms with Crippen LogP contribution >= 0.6 is 23.1 Å². The molecule has 0 saturated heterocycles. The Labute approximate surface area is 119 Å². The molecular formula is C11H16N4O2S2. The lowest BCUT2D eigenvalue weighted by Gasteiger charge is -2.19. The molecule has 1 aliphatic rings. The van der Waals surface area contributed by atoms with Crippen LogP contribution in [0.5, 0.6) is 0 Å². The number of carbonyl (C=O) groups excluding carboxylic acids is 2. The molecule has 0 spiro atoms. The van der Waals surface area contributed by atoms with Gasteiger partial charge in [-0.3, -0.25) is 9.59 Å². The highest BCUT2D eigenvalue weighted by atomic mass is 32.2. The number of nitrogens with one attached hydrogen (secondary N) is 1. The SMILES string of the molecule is NC(=O)CSc1nnc(NC(=O)C2CCCCC2)s1.